The summed E-state index contributed by atoms with van der Waals surface area (Å²) in [6.45, 7) is 10.7. The van der Waals surface area contributed by atoms with Crippen molar-refractivity contribution in [3.05, 3.63) is 0 Å². The molecule has 0 amide bonds. The highest BCUT2D eigenvalue weighted by molar-refractivity contribution is 5.79. The van der Waals surface area contributed by atoms with Crippen molar-refractivity contribution in [3.8, 4) is 0 Å². The third-order valence-corrected chi connectivity index (χ3v) is 2.90. The summed E-state index contributed by atoms with van der Waals surface area (Å²) < 4.78 is 5.45. The van der Waals surface area contributed by atoms with Gasteiger partial charge in [-0.1, -0.05) is 33.1 Å². The Labute approximate surface area is 106 Å². The van der Waals surface area contributed by atoms with Crippen molar-refractivity contribution in [1.29, 1.82) is 0 Å². The maximum atomic E-state index is 11.9. The number of carbonyl (C=O) groups excluding carboxylic acids is 1. The van der Waals surface area contributed by atoms with Crippen molar-refractivity contribution in [2.45, 2.75) is 78.4 Å². The van der Waals surface area contributed by atoms with Gasteiger partial charge in [-0.2, -0.15) is 0 Å². The summed E-state index contributed by atoms with van der Waals surface area (Å²) >= 11 is 0. The molecule has 0 aliphatic heterocycles. The van der Waals surface area contributed by atoms with Gasteiger partial charge in [-0.3, -0.25) is 4.79 Å². The summed E-state index contributed by atoms with van der Waals surface area (Å²) in [5.74, 6) is -0.151. The maximum absolute atomic E-state index is 11.9. The zero-order valence-corrected chi connectivity index (χ0v) is 12.1. The van der Waals surface area contributed by atoms with E-state index in [9.17, 15) is 4.79 Å². The predicted octanol–water partition coefficient (Wildman–Crippen LogP) is 3.28. The van der Waals surface area contributed by atoms with Crippen LogP contribution in [-0.4, -0.2) is 24.2 Å². The molecule has 1 atom stereocenters. The molecule has 0 spiro atoms. The SMILES string of the molecule is CCCCCCC(C)OC(=O)C(C)(C)NCC. The monoisotopic (exact) mass is 243 g/mol. The van der Waals surface area contributed by atoms with Crippen LogP contribution in [0.5, 0.6) is 0 Å². The molecule has 3 heteroatoms. The van der Waals surface area contributed by atoms with E-state index in [0.717, 1.165) is 19.4 Å². The molecule has 0 bridgehead atoms. The molecule has 0 radical (unpaired) electrons. The first-order valence-electron chi connectivity index (χ1n) is 6.90. The highest BCUT2D eigenvalue weighted by Gasteiger charge is 2.29. The van der Waals surface area contributed by atoms with E-state index in [0.29, 0.717) is 0 Å². The molecule has 0 aliphatic carbocycles. The van der Waals surface area contributed by atoms with Gasteiger partial charge in [-0.25, -0.2) is 0 Å². The molecule has 0 saturated carbocycles. The standard InChI is InChI=1S/C14H29NO2/c1-6-8-9-10-11-12(3)17-13(16)14(4,5)15-7-2/h12,15H,6-11H2,1-5H3. The van der Waals surface area contributed by atoms with Crippen LogP contribution in [0.4, 0.5) is 0 Å². The third-order valence-electron chi connectivity index (χ3n) is 2.90. The van der Waals surface area contributed by atoms with Crippen LogP contribution >= 0.6 is 0 Å². The molecule has 17 heavy (non-hydrogen) atoms. The van der Waals surface area contributed by atoms with Gasteiger partial charge in [0.15, 0.2) is 0 Å². The molecule has 0 aromatic carbocycles. The lowest BCUT2D eigenvalue weighted by Gasteiger charge is -2.25. The molecule has 1 N–H and O–H groups in total. The van der Waals surface area contributed by atoms with E-state index < -0.39 is 5.54 Å². The second kappa shape index (κ2) is 8.51. The number of rotatable bonds is 9. The van der Waals surface area contributed by atoms with E-state index in [2.05, 4.69) is 12.2 Å². The number of nitrogens with one attached hydrogen (secondary N) is 1. The van der Waals surface area contributed by atoms with Crippen LogP contribution in [0, 0.1) is 0 Å². The highest BCUT2D eigenvalue weighted by Crippen LogP contribution is 2.12. The fourth-order valence-electron chi connectivity index (χ4n) is 1.76. The predicted molar refractivity (Wildman–Crippen MR) is 72.1 cm³/mol. The van der Waals surface area contributed by atoms with Crippen LogP contribution in [0.2, 0.25) is 0 Å². The Morgan fingerprint density at radius 1 is 1.24 bits per heavy atom. The largest absolute Gasteiger partial charge is 0.461 e. The molecule has 0 aromatic heterocycles. The van der Waals surface area contributed by atoms with Crippen molar-refractivity contribution in [2.24, 2.45) is 0 Å². The number of likely N-dealkylation sites (N-methyl/N-ethyl adjacent to an activating group) is 1. The summed E-state index contributed by atoms with van der Waals surface area (Å²) in [4.78, 5) is 11.9. The fourth-order valence-corrected chi connectivity index (χ4v) is 1.76. The second-order valence-electron chi connectivity index (χ2n) is 5.22. The van der Waals surface area contributed by atoms with Gasteiger partial charge in [0, 0.05) is 0 Å². The molecular formula is C14H29NO2. The molecule has 0 aliphatic rings. The van der Waals surface area contributed by atoms with Gasteiger partial charge in [0.1, 0.15) is 5.54 Å². The number of ether oxygens (including phenoxy) is 1. The zero-order chi connectivity index (χ0) is 13.3. The van der Waals surface area contributed by atoms with E-state index in [1.165, 1.54) is 19.3 Å². The van der Waals surface area contributed by atoms with Crippen molar-refractivity contribution in [1.82, 2.24) is 5.32 Å². The van der Waals surface area contributed by atoms with E-state index in [1.54, 1.807) is 0 Å². The van der Waals surface area contributed by atoms with Gasteiger partial charge >= 0.3 is 5.97 Å². The Kier molecular flexibility index (Phi) is 8.23. The molecular weight excluding hydrogens is 214 g/mol. The number of hydrogen-bond acceptors (Lipinski definition) is 3. The normalized spacial score (nSPS) is 13.5. The first-order valence-corrected chi connectivity index (χ1v) is 6.90. The first-order chi connectivity index (χ1) is 7.94. The van der Waals surface area contributed by atoms with Crippen LogP contribution in [0.3, 0.4) is 0 Å². The number of esters is 1. The highest BCUT2D eigenvalue weighted by atomic mass is 16.5. The number of carbonyl (C=O) groups is 1. The summed E-state index contributed by atoms with van der Waals surface area (Å²) in [7, 11) is 0. The maximum Gasteiger partial charge on any atom is 0.326 e. The molecule has 0 rings (SSSR count). The lowest BCUT2D eigenvalue weighted by Crippen LogP contribution is -2.48. The van der Waals surface area contributed by atoms with Gasteiger partial charge in [0.05, 0.1) is 6.10 Å². The molecule has 0 aromatic rings. The van der Waals surface area contributed by atoms with E-state index in [4.69, 9.17) is 4.74 Å². The van der Waals surface area contributed by atoms with Gasteiger partial charge in [0.2, 0.25) is 0 Å². The quantitative estimate of drug-likeness (QED) is 0.499. The zero-order valence-electron chi connectivity index (χ0n) is 12.1. The van der Waals surface area contributed by atoms with Crippen LogP contribution in [-0.2, 0) is 9.53 Å². The second-order valence-corrected chi connectivity index (χ2v) is 5.22. The van der Waals surface area contributed by atoms with Gasteiger partial charge in [-0.05, 0) is 40.2 Å². The summed E-state index contributed by atoms with van der Waals surface area (Å²) in [5.41, 5.74) is -0.577. The lowest BCUT2D eigenvalue weighted by atomic mass is 10.1. The number of unbranched alkanes of at least 4 members (excludes halogenated alkanes) is 3. The van der Waals surface area contributed by atoms with Crippen molar-refractivity contribution >= 4 is 5.97 Å². The molecule has 1 unspecified atom stereocenters. The van der Waals surface area contributed by atoms with Crippen molar-refractivity contribution < 1.29 is 9.53 Å². The molecule has 102 valence electrons. The Morgan fingerprint density at radius 2 is 1.88 bits per heavy atom. The summed E-state index contributed by atoms with van der Waals surface area (Å²) in [5, 5.41) is 3.13. The molecule has 0 fully saturated rings. The lowest BCUT2D eigenvalue weighted by molar-refractivity contribution is -0.155. The van der Waals surface area contributed by atoms with Crippen LogP contribution < -0.4 is 5.32 Å². The minimum absolute atomic E-state index is 0.0253. The van der Waals surface area contributed by atoms with Crippen LogP contribution in [0.1, 0.15) is 66.7 Å². The fraction of sp³-hybridized carbons (Fsp3) is 0.929. The minimum atomic E-state index is -0.577. The Bertz CT molecular complexity index is 214. The Balaban J connectivity index is 3.86. The van der Waals surface area contributed by atoms with Gasteiger partial charge < -0.3 is 10.1 Å². The average molecular weight is 243 g/mol. The van der Waals surface area contributed by atoms with E-state index in [1.807, 2.05) is 27.7 Å². The van der Waals surface area contributed by atoms with Crippen LogP contribution in [0.15, 0.2) is 0 Å². The minimum Gasteiger partial charge on any atom is -0.461 e. The van der Waals surface area contributed by atoms with Crippen molar-refractivity contribution in [2.75, 3.05) is 6.54 Å². The third kappa shape index (κ3) is 7.37. The van der Waals surface area contributed by atoms with Crippen molar-refractivity contribution in [3.63, 3.8) is 0 Å². The number of hydrogen-bond donors (Lipinski definition) is 1. The molecule has 0 heterocycles. The van der Waals surface area contributed by atoms with Gasteiger partial charge in [-0.15, -0.1) is 0 Å². The summed E-state index contributed by atoms with van der Waals surface area (Å²) in [6.07, 6.45) is 5.87. The van der Waals surface area contributed by atoms with Gasteiger partial charge in [0.25, 0.3) is 0 Å². The molecule has 0 saturated heterocycles. The van der Waals surface area contributed by atoms with E-state index >= 15 is 0 Å². The Hall–Kier alpha value is -0.570. The van der Waals surface area contributed by atoms with E-state index in [-0.39, 0.29) is 12.1 Å². The Morgan fingerprint density at radius 3 is 2.41 bits per heavy atom. The average Bonchev–Trinajstić information content (AvgIpc) is 2.24. The molecule has 3 nitrogen and oxygen atoms in total. The first kappa shape index (κ1) is 16.4. The topological polar surface area (TPSA) is 38.3 Å². The summed E-state index contributed by atoms with van der Waals surface area (Å²) in [6, 6.07) is 0. The van der Waals surface area contributed by atoms with Crippen LogP contribution in [0.25, 0.3) is 0 Å². The smallest absolute Gasteiger partial charge is 0.326 e.